The van der Waals surface area contributed by atoms with Crippen molar-refractivity contribution in [2.45, 2.75) is 26.5 Å². The number of aliphatic imine (C=N–C) groups is 1. The molecular weight excluding hydrogens is 327 g/mol. The quantitative estimate of drug-likeness (QED) is 0.643. The average Bonchev–Trinajstić information content (AvgIpc) is 2.92. The van der Waals surface area contributed by atoms with Gasteiger partial charge >= 0.3 is 0 Å². The van der Waals surface area contributed by atoms with E-state index in [1.807, 2.05) is 13.0 Å². The molecule has 5 nitrogen and oxygen atoms in total. The standard InChI is InChI=1S/C17H17FN4OS/c1-10(23)15-5-13(18)3-4-14(15)17-16(24-11(2)22-17)9-21-8-12(6-19)7-20/h3-6,8,10,23H,9,19H2,1-2H3. The monoisotopic (exact) mass is 344 g/mol. The third-order valence-corrected chi connectivity index (χ3v) is 4.25. The number of nitriles is 1. The molecule has 1 heterocycles. The van der Waals surface area contributed by atoms with Gasteiger partial charge in [0, 0.05) is 18.0 Å². The predicted molar refractivity (Wildman–Crippen MR) is 93.0 cm³/mol. The molecule has 1 aromatic carbocycles. The van der Waals surface area contributed by atoms with Gasteiger partial charge in [-0.1, -0.05) is 0 Å². The fraction of sp³-hybridized carbons (Fsp3) is 0.235. The first-order valence-electron chi connectivity index (χ1n) is 7.22. The molecule has 1 unspecified atom stereocenters. The molecule has 7 heteroatoms. The molecule has 2 rings (SSSR count). The molecule has 0 aliphatic rings. The van der Waals surface area contributed by atoms with E-state index < -0.39 is 11.9 Å². The third kappa shape index (κ3) is 4.04. The molecule has 0 saturated carbocycles. The SMILES string of the molecule is Cc1nc(-c2ccc(F)cc2C(C)O)c(CN=CC(C#N)=CN)s1. The number of aromatic nitrogens is 1. The van der Waals surface area contributed by atoms with Crippen molar-refractivity contribution in [3.05, 3.63) is 51.2 Å². The van der Waals surface area contributed by atoms with Crippen LogP contribution in [0.4, 0.5) is 4.39 Å². The van der Waals surface area contributed by atoms with Crippen LogP contribution in [0.2, 0.25) is 0 Å². The Hall–Kier alpha value is -2.56. The Bertz CT molecular complexity index is 834. The molecule has 3 N–H and O–H groups in total. The van der Waals surface area contributed by atoms with Crippen molar-refractivity contribution in [2.75, 3.05) is 0 Å². The van der Waals surface area contributed by atoms with E-state index in [2.05, 4.69) is 9.98 Å². The number of allylic oxidation sites excluding steroid dienone is 1. The molecule has 0 saturated heterocycles. The number of aliphatic hydroxyl groups is 1. The lowest BCUT2D eigenvalue weighted by Crippen LogP contribution is -1.98. The van der Waals surface area contributed by atoms with E-state index in [4.69, 9.17) is 11.0 Å². The summed E-state index contributed by atoms with van der Waals surface area (Å²) in [6.07, 6.45) is 1.77. The van der Waals surface area contributed by atoms with Crippen LogP contribution in [0.15, 0.2) is 35.0 Å². The molecule has 24 heavy (non-hydrogen) atoms. The molecule has 2 aromatic rings. The van der Waals surface area contributed by atoms with Crippen LogP contribution in [0.5, 0.6) is 0 Å². The van der Waals surface area contributed by atoms with Gasteiger partial charge in [-0.3, -0.25) is 4.99 Å². The molecule has 1 atom stereocenters. The second-order valence-electron chi connectivity index (χ2n) is 5.12. The average molecular weight is 344 g/mol. The van der Waals surface area contributed by atoms with Gasteiger partial charge in [-0.05, 0) is 37.6 Å². The Balaban J connectivity index is 2.42. The van der Waals surface area contributed by atoms with Gasteiger partial charge in [-0.15, -0.1) is 11.3 Å². The normalized spacial score (nSPS) is 13.2. The zero-order chi connectivity index (χ0) is 17.7. The largest absolute Gasteiger partial charge is 0.403 e. The number of hydrogen-bond donors (Lipinski definition) is 2. The first kappa shape index (κ1) is 17.8. The second-order valence-corrected chi connectivity index (χ2v) is 6.40. The van der Waals surface area contributed by atoms with E-state index in [-0.39, 0.29) is 5.57 Å². The zero-order valence-electron chi connectivity index (χ0n) is 13.3. The summed E-state index contributed by atoms with van der Waals surface area (Å²) in [5, 5.41) is 19.6. The molecule has 0 spiro atoms. The van der Waals surface area contributed by atoms with Crippen LogP contribution < -0.4 is 5.73 Å². The van der Waals surface area contributed by atoms with Crippen LogP contribution >= 0.6 is 11.3 Å². The van der Waals surface area contributed by atoms with E-state index in [9.17, 15) is 9.50 Å². The Morgan fingerprint density at radius 2 is 2.33 bits per heavy atom. The van der Waals surface area contributed by atoms with Gasteiger partial charge in [-0.2, -0.15) is 5.26 Å². The van der Waals surface area contributed by atoms with Crippen LogP contribution in [0.3, 0.4) is 0 Å². The number of benzene rings is 1. The van der Waals surface area contributed by atoms with Crippen molar-refractivity contribution in [2.24, 2.45) is 10.7 Å². The van der Waals surface area contributed by atoms with Crippen LogP contribution in [-0.4, -0.2) is 16.3 Å². The van der Waals surface area contributed by atoms with Gasteiger partial charge in [-0.25, -0.2) is 9.37 Å². The maximum atomic E-state index is 13.5. The minimum absolute atomic E-state index is 0.268. The van der Waals surface area contributed by atoms with Crippen LogP contribution in [0, 0.1) is 24.1 Å². The number of nitrogens with two attached hydrogens (primary N) is 1. The molecule has 1 aromatic heterocycles. The first-order chi connectivity index (χ1) is 11.5. The summed E-state index contributed by atoms with van der Waals surface area (Å²) in [6.45, 7) is 3.77. The molecule has 0 radical (unpaired) electrons. The molecule has 0 aliphatic heterocycles. The smallest absolute Gasteiger partial charge is 0.123 e. The maximum absolute atomic E-state index is 13.5. The highest BCUT2D eigenvalue weighted by Gasteiger charge is 2.17. The van der Waals surface area contributed by atoms with E-state index in [0.717, 1.165) is 9.88 Å². The van der Waals surface area contributed by atoms with E-state index in [1.54, 1.807) is 13.0 Å². The minimum atomic E-state index is -0.820. The van der Waals surface area contributed by atoms with Crippen molar-refractivity contribution in [1.82, 2.24) is 4.98 Å². The first-order valence-corrected chi connectivity index (χ1v) is 8.04. The number of halogens is 1. The van der Waals surface area contributed by atoms with Gasteiger partial charge in [0.25, 0.3) is 0 Å². The van der Waals surface area contributed by atoms with Crippen molar-refractivity contribution < 1.29 is 9.50 Å². The number of hydrogen-bond acceptors (Lipinski definition) is 6. The maximum Gasteiger partial charge on any atom is 0.123 e. The van der Waals surface area contributed by atoms with Crippen LogP contribution in [-0.2, 0) is 6.54 Å². The molecule has 0 bridgehead atoms. The van der Waals surface area contributed by atoms with Gasteiger partial charge in [0.05, 0.1) is 33.8 Å². The fourth-order valence-corrected chi connectivity index (χ4v) is 3.10. The van der Waals surface area contributed by atoms with Crippen molar-refractivity contribution in [1.29, 1.82) is 5.26 Å². The minimum Gasteiger partial charge on any atom is -0.403 e. The lowest BCUT2D eigenvalue weighted by atomic mass is 10.00. The zero-order valence-corrected chi connectivity index (χ0v) is 14.1. The number of thiazole rings is 1. The number of aryl methyl sites for hydroxylation is 1. The summed E-state index contributed by atoms with van der Waals surface area (Å²) >= 11 is 1.47. The van der Waals surface area contributed by atoms with Gasteiger partial charge < -0.3 is 10.8 Å². The summed E-state index contributed by atoms with van der Waals surface area (Å²) in [7, 11) is 0. The fourth-order valence-electron chi connectivity index (χ4n) is 2.22. The van der Waals surface area contributed by atoms with Gasteiger partial charge in [0.15, 0.2) is 0 Å². The number of aliphatic hydroxyl groups excluding tert-OH is 1. The summed E-state index contributed by atoms with van der Waals surface area (Å²) < 4.78 is 13.5. The lowest BCUT2D eigenvalue weighted by molar-refractivity contribution is 0.199. The second kappa shape index (κ2) is 7.81. The highest BCUT2D eigenvalue weighted by atomic mass is 32.1. The Morgan fingerprint density at radius 3 is 2.96 bits per heavy atom. The summed E-state index contributed by atoms with van der Waals surface area (Å²) in [4.78, 5) is 9.58. The topological polar surface area (TPSA) is 95.3 Å². The Morgan fingerprint density at radius 1 is 1.58 bits per heavy atom. The van der Waals surface area contributed by atoms with Crippen molar-refractivity contribution >= 4 is 17.6 Å². The van der Waals surface area contributed by atoms with Crippen molar-refractivity contribution in [3.63, 3.8) is 0 Å². The van der Waals surface area contributed by atoms with E-state index in [0.29, 0.717) is 23.4 Å². The summed E-state index contributed by atoms with van der Waals surface area (Å²) in [5.41, 5.74) is 7.40. The number of rotatable bonds is 5. The van der Waals surface area contributed by atoms with E-state index in [1.165, 1.54) is 35.9 Å². The molecule has 124 valence electrons. The highest BCUT2D eigenvalue weighted by molar-refractivity contribution is 7.12. The number of nitrogens with zero attached hydrogens (tertiary/aromatic N) is 3. The van der Waals surface area contributed by atoms with Crippen LogP contribution in [0.1, 0.15) is 28.5 Å². The summed E-state index contributed by atoms with van der Waals surface area (Å²) in [6, 6.07) is 6.18. The molecular formula is C17H17FN4OS. The van der Waals surface area contributed by atoms with Gasteiger partial charge in [0.1, 0.15) is 11.9 Å². The van der Waals surface area contributed by atoms with Gasteiger partial charge in [0.2, 0.25) is 0 Å². The predicted octanol–water partition coefficient (Wildman–Crippen LogP) is 3.25. The van der Waals surface area contributed by atoms with Crippen LogP contribution in [0.25, 0.3) is 11.3 Å². The third-order valence-electron chi connectivity index (χ3n) is 3.30. The Kier molecular flexibility index (Phi) is 5.79. The lowest BCUT2D eigenvalue weighted by Gasteiger charge is -2.11. The van der Waals surface area contributed by atoms with Crippen molar-refractivity contribution in [3.8, 4) is 17.3 Å². The summed E-state index contributed by atoms with van der Waals surface area (Å²) in [5.74, 6) is -0.409. The highest BCUT2D eigenvalue weighted by Crippen LogP contribution is 2.34. The van der Waals surface area contributed by atoms with E-state index >= 15 is 0 Å². The molecule has 0 aliphatic carbocycles. The molecule has 0 amide bonds. The Labute approximate surface area is 143 Å². The molecule has 0 fully saturated rings.